The zero-order valence-electron chi connectivity index (χ0n) is 14.6. The quantitative estimate of drug-likeness (QED) is 0.629. The number of para-hydroxylation sites is 2. The minimum Gasteiger partial charge on any atom is -0.481 e. The first-order valence-corrected chi connectivity index (χ1v) is 8.74. The number of ether oxygens (including phenoxy) is 1. The molecule has 28 heavy (non-hydrogen) atoms. The van der Waals surface area contributed by atoms with Gasteiger partial charge in [0.25, 0.3) is 11.8 Å². The van der Waals surface area contributed by atoms with E-state index in [0.717, 1.165) is 0 Å². The number of carbonyl (C=O) groups excluding carboxylic acids is 2. The van der Waals surface area contributed by atoms with Gasteiger partial charge in [-0.25, -0.2) is 4.39 Å². The van der Waals surface area contributed by atoms with Crippen molar-refractivity contribution in [1.82, 2.24) is 0 Å². The summed E-state index contributed by atoms with van der Waals surface area (Å²) in [6, 6.07) is 19.0. The van der Waals surface area contributed by atoms with Crippen LogP contribution in [0.4, 0.5) is 15.8 Å². The van der Waals surface area contributed by atoms with Gasteiger partial charge in [-0.3, -0.25) is 9.59 Å². The summed E-state index contributed by atoms with van der Waals surface area (Å²) in [5, 5.41) is 5.90. The summed E-state index contributed by atoms with van der Waals surface area (Å²) >= 11 is 5.84. The van der Waals surface area contributed by atoms with E-state index in [9.17, 15) is 14.0 Å². The lowest BCUT2D eigenvalue weighted by Gasteiger charge is -2.12. The number of hydrogen-bond donors (Lipinski definition) is 2. The van der Waals surface area contributed by atoms with Crippen molar-refractivity contribution in [3.8, 4) is 5.75 Å². The van der Waals surface area contributed by atoms with Crippen LogP contribution in [0.1, 0.15) is 10.4 Å². The molecule has 3 rings (SSSR count). The van der Waals surface area contributed by atoms with Crippen molar-refractivity contribution in [2.45, 2.75) is 0 Å². The van der Waals surface area contributed by atoms with Crippen molar-refractivity contribution >= 4 is 34.8 Å². The second-order valence-electron chi connectivity index (χ2n) is 5.77. The van der Waals surface area contributed by atoms with Gasteiger partial charge in [-0.05, 0) is 48.5 Å². The van der Waals surface area contributed by atoms with Gasteiger partial charge in [-0.2, -0.15) is 0 Å². The molecule has 0 aliphatic carbocycles. The number of carbonyl (C=O) groups is 2. The van der Waals surface area contributed by atoms with Crippen LogP contribution in [-0.4, -0.2) is 18.4 Å². The average molecular weight is 399 g/mol. The SMILES string of the molecule is O=C(COc1ccccc1F)Nc1ccccc1C(=O)Nc1ccc(Cl)cc1. The molecule has 2 N–H and O–H groups in total. The zero-order valence-corrected chi connectivity index (χ0v) is 15.4. The van der Waals surface area contributed by atoms with Crippen LogP contribution in [0.3, 0.4) is 0 Å². The normalized spacial score (nSPS) is 10.2. The van der Waals surface area contributed by atoms with Crippen molar-refractivity contribution in [2.24, 2.45) is 0 Å². The van der Waals surface area contributed by atoms with Crippen LogP contribution in [0.15, 0.2) is 72.8 Å². The van der Waals surface area contributed by atoms with E-state index in [4.69, 9.17) is 16.3 Å². The van der Waals surface area contributed by atoms with Gasteiger partial charge in [-0.15, -0.1) is 0 Å². The summed E-state index contributed by atoms with van der Waals surface area (Å²) in [7, 11) is 0. The Kier molecular flexibility index (Phi) is 6.24. The molecule has 0 bridgehead atoms. The Hall–Kier alpha value is -3.38. The molecule has 0 saturated heterocycles. The number of anilines is 2. The molecule has 0 aliphatic rings. The molecule has 0 radical (unpaired) electrons. The average Bonchev–Trinajstić information content (AvgIpc) is 2.69. The van der Waals surface area contributed by atoms with E-state index in [0.29, 0.717) is 16.4 Å². The van der Waals surface area contributed by atoms with Gasteiger partial charge in [0, 0.05) is 10.7 Å². The molecule has 0 atom stereocenters. The van der Waals surface area contributed by atoms with E-state index in [1.54, 1.807) is 54.6 Å². The predicted molar refractivity (Wildman–Crippen MR) is 106 cm³/mol. The van der Waals surface area contributed by atoms with E-state index < -0.39 is 24.2 Å². The van der Waals surface area contributed by atoms with Gasteiger partial charge in [0.2, 0.25) is 0 Å². The standard InChI is InChI=1S/C21H16ClFN2O3/c22-14-9-11-15(12-10-14)24-21(27)16-5-1-3-7-18(16)25-20(26)13-28-19-8-4-2-6-17(19)23/h1-12H,13H2,(H,24,27)(H,25,26). The van der Waals surface area contributed by atoms with Crippen molar-refractivity contribution in [2.75, 3.05) is 17.2 Å². The smallest absolute Gasteiger partial charge is 0.262 e. The topological polar surface area (TPSA) is 67.4 Å². The minimum absolute atomic E-state index is 0.0218. The third-order valence-electron chi connectivity index (χ3n) is 3.74. The maximum Gasteiger partial charge on any atom is 0.262 e. The van der Waals surface area contributed by atoms with E-state index in [2.05, 4.69) is 10.6 Å². The summed E-state index contributed by atoms with van der Waals surface area (Å²) < 4.78 is 18.7. The number of amides is 2. The summed E-state index contributed by atoms with van der Waals surface area (Å²) in [5.74, 6) is -1.49. The highest BCUT2D eigenvalue weighted by Gasteiger charge is 2.14. The van der Waals surface area contributed by atoms with Gasteiger partial charge in [0.05, 0.1) is 11.3 Å². The van der Waals surface area contributed by atoms with Crippen LogP contribution < -0.4 is 15.4 Å². The van der Waals surface area contributed by atoms with E-state index in [1.807, 2.05) is 0 Å². The first-order valence-electron chi connectivity index (χ1n) is 8.36. The monoisotopic (exact) mass is 398 g/mol. The van der Waals surface area contributed by atoms with E-state index >= 15 is 0 Å². The molecule has 0 heterocycles. The second-order valence-corrected chi connectivity index (χ2v) is 6.21. The van der Waals surface area contributed by atoms with Gasteiger partial charge in [0.15, 0.2) is 18.2 Å². The lowest BCUT2D eigenvalue weighted by atomic mass is 10.1. The maximum absolute atomic E-state index is 13.6. The predicted octanol–water partition coefficient (Wildman–Crippen LogP) is 4.75. The Bertz CT molecular complexity index is 993. The van der Waals surface area contributed by atoms with Crippen molar-refractivity contribution in [1.29, 1.82) is 0 Å². The number of hydrogen-bond acceptors (Lipinski definition) is 3. The van der Waals surface area contributed by atoms with Gasteiger partial charge >= 0.3 is 0 Å². The Morgan fingerprint density at radius 3 is 2.32 bits per heavy atom. The fourth-order valence-corrected chi connectivity index (χ4v) is 2.54. The molecule has 5 nitrogen and oxygen atoms in total. The van der Waals surface area contributed by atoms with E-state index in [-0.39, 0.29) is 11.3 Å². The second kappa shape index (κ2) is 9.01. The van der Waals surface area contributed by atoms with Crippen molar-refractivity contribution in [3.05, 3.63) is 89.2 Å². The minimum atomic E-state index is -0.557. The third kappa shape index (κ3) is 5.08. The molecule has 0 spiro atoms. The molecule has 142 valence electrons. The highest BCUT2D eigenvalue weighted by atomic mass is 35.5. The number of nitrogens with one attached hydrogen (secondary N) is 2. The summed E-state index contributed by atoms with van der Waals surface area (Å²) in [4.78, 5) is 24.7. The molecule has 0 aliphatic heterocycles. The molecule has 0 aromatic heterocycles. The molecular formula is C21H16ClFN2O3. The Balaban J connectivity index is 1.66. The third-order valence-corrected chi connectivity index (χ3v) is 4.00. The Morgan fingerprint density at radius 1 is 0.893 bits per heavy atom. The van der Waals surface area contributed by atoms with Crippen LogP contribution in [0.5, 0.6) is 5.75 Å². The number of rotatable bonds is 6. The zero-order chi connectivity index (χ0) is 19.9. The lowest BCUT2D eigenvalue weighted by Crippen LogP contribution is -2.23. The van der Waals surface area contributed by atoms with Crippen LogP contribution in [0.25, 0.3) is 0 Å². The summed E-state index contributed by atoms with van der Waals surface area (Å²) in [6.07, 6.45) is 0. The molecule has 0 saturated carbocycles. The molecule has 7 heteroatoms. The largest absolute Gasteiger partial charge is 0.481 e. The Morgan fingerprint density at radius 2 is 1.57 bits per heavy atom. The fourth-order valence-electron chi connectivity index (χ4n) is 2.41. The first kappa shape index (κ1) is 19.4. The highest BCUT2D eigenvalue weighted by molar-refractivity contribution is 6.30. The van der Waals surface area contributed by atoms with Gasteiger partial charge in [0.1, 0.15) is 0 Å². The molecule has 0 fully saturated rings. The fraction of sp³-hybridized carbons (Fsp3) is 0.0476. The van der Waals surface area contributed by atoms with Crippen molar-refractivity contribution in [3.63, 3.8) is 0 Å². The van der Waals surface area contributed by atoms with Crippen LogP contribution in [-0.2, 0) is 4.79 Å². The van der Waals surface area contributed by atoms with E-state index in [1.165, 1.54) is 18.2 Å². The van der Waals surface area contributed by atoms with Crippen molar-refractivity contribution < 1.29 is 18.7 Å². The Labute approximate surface area is 166 Å². The summed E-state index contributed by atoms with van der Waals surface area (Å²) in [5.41, 5.74) is 1.16. The number of benzene rings is 3. The van der Waals surface area contributed by atoms with Crippen LogP contribution in [0.2, 0.25) is 5.02 Å². The molecule has 2 amide bonds. The molecule has 3 aromatic carbocycles. The molecular weight excluding hydrogens is 383 g/mol. The number of halogens is 2. The van der Waals surface area contributed by atoms with Gasteiger partial charge < -0.3 is 15.4 Å². The van der Waals surface area contributed by atoms with Crippen LogP contribution in [0, 0.1) is 5.82 Å². The molecule has 3 aromatic rings. The lowest BCUT2D eigenvalue weighted by molar-refractivity contribution is -0.118. The van der Waals surface area contributed by atoms with Crippen LogP contribution >= 0.6 is 11.6 Å². The maximum atomic E-state index is 13.6. The molecule has 0 unspecified atom stereocenters. The first-order chi connectivity index (χ1) is 13.5. The summed E-state index contributed by atoms with van der Waals surface area (Å²) in [6.45, 7) is -0.395. The van der Waals surface area contributed by atoms with Gasteiger partial charge in [-0.1, -0.05) is 35.9 Å². The highest BCUT2D eigenvalue weighted by Crippen LogP contribution is 2.19.